The Bertz CT molecular complexity index is 681. The summed E-state index contributed by atoms with van der Waals surface area (Å²) < 4.78 is 0. The fourth-order valence-electron chi connectivity index (χ4n) is 1.72. The number of benzene rings is 2. The van der Waals surface area contributed by atoms with E-state index in [0.29, 0.717) is 23.2 Å². The predicted molar refractivity (Wildman–Crippen MR) is 81.1 cm³/mol. The monoisotopic (exact) mass is 281 g/mol. The molecule has 3 N–H and O–H groups in total. The highest BCUT2D eigenvalue weighted by atomic mass is 16.3. The van der Waals surface area contributed by atoms with Crippen LogP contribution in [0.1, 0.15) is 22.3 Å². The third kappa shape index (κ3) is 4.10. The van der Waals surface area contributed by atoms with Gasteiger partial charge >= 0.3 is 0 Å². The number of carbonyl (C=O) groups excluding carboxylic acids is 1. The van der Waals surface area contributed by atoms with Crippen molar-refractivity contribution in [1.82, 2.24) is 0 Å². The van der Waals surface area contributed by atoms with Gasteiger partial charge in [0, 0.05) is 17.5 Å². The number of hydrogen-bond donors (Lipinski definition) is 3. The second-order valence-electron chi connectivity index (χ2n) is 4.32. The predicted octanol–water partition coefficient (Wildman–Crippen LogP) is 2.38. The fourth-order valence-corrected chi connectivity index (χ4v) is 1.72. The summed E-state index contributed by atoms with van der Waals surface area (Å²) in [5.41, 5.74) is 1.75. The first-order valence-electron chi connectivity index (χ1n) is 6.50. The smallest absolute Gasteiger partial charge is 0.255 e. The minimum Gasteiger partial charge on any atom is -0.508 e. The zero-order valence-electron chi connectivity index (χ0n) is 11.3. The van der Waals surface area contributed by atoms with Gasteiger partial charge in [-0.3, -0.25) is 4.79 Å². The Labute approximate surface area is 123 Å². The number of aliphatic hydroxyl groups excluding tert-OH is 1. The minimum atomic E-state index is -0.272. The highest BCUT2D eigenvalue weighted by Crippen LogP contribution is 2.16. The number of anilines is 1. The number of carbonyl (C=O) groups is 1. The van der Waals surface area contributed by atoms with Crippen molar-refractivity contribution in [1.29, 1.82) is 0 Å². The summed E-state index contributed by atoms with van der Waals surface area (Å²) in [6.45, 7) is 0.00896. The normalized spacial score (nSPS) is 9.57. The van der Waals surface area contributed by atoms with Gasteiger partial charge in [0.15, 0.2) is 0 Å². The van der Waals surface area contributed by atoms with Crippen LogP contribution in [0, 0.1) is 11.8 Å². The second-order valence-corrected chi connectivity index (χ2v) is 4.32. The average Bonchev–Trinajstić information content (AvgIpc) is 2.50. The maximum Gasteiger partial charge on any atom is 0.255 e. The number of hydrogen-bond acceptors (Lipinski definition) is 3. The molecule has 0 atom stereocenters. The van der Waals surface area contributed by atoms with Crippen LogP contribution in [0.3, 0.4) is 0 Å². The lowest BCUT2D eigenvalue weighted by atomic mass is 10.1. The van der Waals surface area contributed by atoms with E-state index in [-0.39, 0.29) is 18.3 Å². The van der Waals surface area contributed by atoms with Gasteiger partial charge in [-0.1, -0.05) is 24.0 Å². The Kier molecular flexibility index (Phi) is 4.97. The van der Waals surface area contributed by atoms with Gasteiger partial charge < -0.3 is 15.5 Å². The average molecular weight is 281 g/mol. The molecule has 0 aliphatic carbocycles. The van der Waals surface area contributed by atoms with Gasteiger partial charge in [-0.05, 0) is 36.4 Å². The molecule has 1 amide bonds. The van der Waals surface area contributed by atoms with Crippen molar-refractivity contribution in [3.63, 3.8) is 0 Å². The van der Waals surface area contributed by atoms with Crippen LogP contribution in [0.15, 0.2) is 48.5 Å². The lowest BCUT2D eigenvalue weighted by molar-refractivity contribution is 0.102. The van der Waals surface area contributed by atoms with Crippen LogP contribution in [-0.4, -0.2) is 22.7 Å². The molecule has 0 aliphatic heterocycles. The van der Waals surface area contributed by atoms with E-state index < -0.39 is 0 Å². The molecule has 0 spiro atoms. The van der Waals surface area contributed by atoms with E-state index in [0.717, 1.165) is 0 Å². The number of nitrogens with one attached hydrogen (secondary N) is 1. The number of phenolic OH excluding ortho intramolecular Hbond substituents is 1. The molecule has 0 fully saturated rings. The van der Waals surface area contributed by atoms with E-state index in [1.165, 1.54) is 12.1 Å². The van der Waals surface area contributed by atoms with Crippen molar-refractivity contribution in [3.8, 4) is 17.6 Å². The second kappa shape index (κ2) is 7.13. The molecule has 2 aromatic rings. The van der Waals surface area contributed by atoms with Gasteiger partial charge in [0.1, 0.15) is 5.75 Å². The summed E-state index contributed by atoms with van der Waals surface area (Å²) in [4.78, 5) is 12.1. The molecule has 0 saturated heterocycles. The Morgan fingerprint density at radius 3 is 2.52 bits per heavy atom. The summed E-state index contributed by atoms with van der Waals surface area (Å²) in [6.07, 6.45) is 0.389. The van der Waals surface area contributed by atoms with Crippen molar-refractivity contribution in [2.75, 3.05) is 11.9 Å². The molecule has 2 aromatic carbocycles. The number of aromatic hydroxyl groups is 1. The summed E-state index contributed by atoms with van der Waals surface area (Å²) in [5, 5.41) is 20.7. The van der Waals surface area contributed by atoms with Crippen LogP contribution in [0.5, 0.6) is 5.75 Å². The maximum absolute atomic E-state index is 12.1. The largest absolute Gasteiger partial charge is 0.508 e. The summed E-state index contributed by atoms with van der Waals surface area (Å²) in [5.74, 6) is 5.58. The number of rotatable bonds is 3. The Morgan fingerprint density at radius 1 is 1.10 bits per heavy atom. The summed E-state index contributed by atoms with van der Waals surface area (Å²) in [6, 6.07) is 13.2. The topological polar surface area (TPSA) is 69.6 Å². The standard InChI is InChI=1S/C17H15NO3/c19-12-4-3-6-13-5-1-2-7-16(13)18-17(21)14-8-10-15(20)11-9-14/h1-2,5,7-11,19-20H,4,12H2,(H,18,21). The fraction of sp³-hybridized carbons (Fsp3) is 0.118. The molecule has 106 valence electrons. The molecule has 0 aliphatic rings. The third-order valence-corrected chi connectivity index (χ3v) is 2.76. The highest BCUT2D eigenvalue weighted by molar-refractivity contribution is 6.05. The van der Waals surface area contributed by atoms with E-state index >= 15 is 0 Å². The van der Waals surface area contributed by atoms with Gasteiger partial charge in [-0.15, -0.1) is 0 Å². The first-order valence-corrected chi connectivity index (χ1v) is 6.50. The molecule has 0 saturated carbocycles. The minimum absolute atomic E-state index is 0.00896. The van der Waals surface area contributed by atoms with Crippen molar-refractivity contribution >= 4 is 11.6 Å². The van der Waals surface area contributed by atoms with E-state index in [2.05, 4.69) is 17.2 Å². The van der Waals surface area contributed by atoms with E-state index in [4.69, 9.17) is 5.11 Å². The highest BCUT2D eigenvalue weighted by Gasteiger charge is 2.07. The quantitative estimate of drug-likeness (QED) is 0.757. The molecular formula is C17H15NO3. The molecule has 0 radical (unpaired) electrons. The lowest BCUT2D eigenvalue weighted by Crippen LogP contribution is -2.12. The van der Waals surface area contributed by atoms with Crippen LogP contribution in [0.25, 0.3) is 0 Å². The number of phenols is 1. The number of para-hydroxylation sites is 1. The molecule has 0 bridgehead atoms. The van der Waals surface area contributed by atoms with Gasteiger partial charge in [0.2, 0.25) is 0 Å². The van der Waals surface area contributed by atoms with Crippen molar-refractivity contribution in [3.05, 3.63) is 59.7 Å². The molecule has 4 nitrogen and oxygen atoms in total. The number of aliphatic hydroxyl groups is 1. The Balaban J connectivity index is 2.18. The van der Waals surface area contributed by atoms with Crippen LogP contribution in [-0.2, 0) is 0 Å². The van der Waals surface area contributed by atoms with Crippen LogP contribution in [0.4, 0.5) is 5.69 Å². The molecule has 2 rings (SSSR count). The van der Waals surface area contributed by atoms with Crippen molar-refractivity contribution in [2.24, 2.45) is 0 Å². The van der Waals surface area contributed by atoms with Gasteiger partial charge in [0.05, 0.1) is 12.3 Å². The molecule has 0 unspecified atom stereocenters. The Morgan fingerprint density at radius 2 is 1.81 bits per heavy atom. The lowest BCUT2D eigenvalue weighted by Gasteiger charge is -2.07. The van der Waals surface area contributed by atoms with Crippen LogP contribution >= 0.6 is 0 Å². The van der Waals surface area contributed by atoms with Crippen molar-refractivity contribution in [2.45, 2.75) is 6.42 Å². The first kappa shape index (κ1) is 14.6. The SMILES string of the molecule is O=C(Nc1ccccc1C#CCCO)c1ccc(O)cc1. The summed E-state index contributed by atoms with van der Waals surface area (Å²) >= 11 is 0. The van der Waals surface area contributed by atoms with Gasteiger partial charge in [-0.25, -0.2) is 0 Å². The zero-order valence-corrected chi connectivity index (χ0v) is 11.3. The molecule has 0 heterocycles. The molecule has 21 heavy (non-hydrogen) atoms. The Hall–Kier alpha value is -2.77. The van der Waals surface area contributed by atoms with E-state index in [1.807, 2.05) is 12.1 Å². The van der Waals surface area contributed by atoms with Gasteiger partial charge in [-0.2, -0.15) is 0 Å². The van der Waals surface area contributed by atoms with E-state index in [9.17, 15) is 9.90 Å². The van der Waals surface area contributed by atoms with Crippen LogP contribution in [0.2, 0.25) is 0 Å². The molecule has 4 heteroatoms. The number of amides is 1. The van der Waals surface area contributed by atoms with E-state index in [1.54, 1.807) is 24.3 Å². The maximum atomic E-state index is 12.1. The van der Waals surface area contributed by atoms with Crippen LogP contribution < -0.4 is 5.32 Å². The first-order chi connectivity index (χ1) is 10.2. The third-order valence-electron chi connectivity index (χ3n) is 2.76. The molecular weight excluding hydrogens is 266 g/mol. The zero-order chi connectivity index (χ0) is 15.1. The summed E-state index contributed by atoms with van der Waals surface area (Å²) in [7, 11) is 0. The van der Waals surface area contributed by atoms with Crippen molar-refractivity contribution < 1.29 is 15.0 Å². The molecule has 0 aromatic heterocycles. The van der Waals surface area contributed by atoms with Gasteiger partial charge in [0.25, 0.3) is 5.91 Å².